The highest BCUT2D eigenvalue weighted by molar-refractivity contribution is 5.81. The molecule has 0 saturated carbocycles. The predicted octanol–water partition coefficient (Wildman–Crippen LogP) is -0.398. The Morgan fingerprint density at radius 2 is 1.68 bits per heavy atom. The molecule has 0 bridgehead atoms. The molecule has 0 aromatic heterocycles. The number of piperazine rings is 1. The highest BCUT2D eigenvalue weighted by atomic mass is 16.2. The van der Waals surface area contributed by atoms with E-state index in [4.69, 9.17) is 0 Å². The van der Waals surface area contributed by atoms with Crippen molar-refractivity contribution in [3.63, 3.8) is 0 Å². The van der Waals surface area contributed by atoms with Crippen LogP contribution in [0.3, 0.4) is 0 Å². The molecular weight excluding hydrogens is 310 g/mol. The largest absolute Gasteiger partial charge is 0.332 e. The van der Waals surface area contributed by atoms with Crippen LogP contribution in [0.5, 0.6) is 0 Å². The van der Waals surface area contributed by atoms with Gasteiger partial charge >= 0.3 is 0 Å². The Bertz CT molecular complexity index is 723. The third-order valence-corrected chi connectivity index (χ3v) is 5.58. The zero-order valence-corrected chi connectivity index (χ0v) is 14.7. The Balaban J connectivity index is 1.31. The van der Waals surface area contributed by atoms with E-state index in [1.807, 2.05) is 0 Å². The normalized spacial score (nSPS) is 21.0. The van der Waals surface area contributed by atoms with Crippen molar-refractivity contribution in [1.29, 1.82) is 0 Å². The van der Waals surface area contributed by atoms with Crippen LogP contribution >= 0.6 is 0 Å². The minimum Gasteiger partial charge on any atom is -0.332 e. The van der Waals surface area contributed by atoms with E-state index in [9.17, 15) is 4.79 Å². The molecule has 1 atom stereocenters. The van der Waals surface area contributed by atoms with Crippen molar-refractivity contribution in [2.45, 2.75) is 25.6 Å². The zero-order chi connectivity index (χ0) is 17.1. The van der Waals surface area contributed by atoms with Gasteiger partial charge in [0.1, 0.15) is 13.1 Å². The third kappa shape index (κ3) is 3.75. The first-order valence-electron chi connectivity index (χ1n) is 9.36. The van der Waals surface area contributed by atoms with Crippen molar-refractivity contribution in [1.82, 2.24) is 4.90 Å². The minimum atomic E-state index is 0.0607. The van der Waals surface area contributed by atoms with Gasteiger partial charge in [-0.3, -0.25) is 4.79 Å². The van der Waals surface area contributed by atoms with E-state index < -0.39 is 0 Å². The maximum atomic E-state index is 12.9. The summed E-state index contributed by atoms with van der Waals surface area (Å²) in [7, 11) is 0. The van der Waals surface area contributed by atoms with Crippen molar-refractivity contribution in [2.24, 2.45) is 0 Å². The second-order valence-electron chi connectivity index (χ2n) is 7.26. The number of carbonyl (C=O) groups is 1. The Kier molecular flexibility index (Phi) is 4.81. The maximum absolute atomic E-state index is 12.9. The minimum absolute atomic E-state index is 0.0607. The smallest absolute Gasteiger partial charge is 0.281 e. The van der Waals surface area contributed by atoms with E-state index in [0.717, 1.165) is 45.7 Å². The Hall–Kier alpha value is -2.17. The number of hydrogen-bond acceptors (Lipinski definition) is 1. The fourth-order valence-corrected chi connectivity index (χ4v) is 4.07. The first-order valence-corrected chi connectivity index (χ1v) is 9.36. The Labute approximate surface area is 149 Å². The molecule has 0 radical (unpaired) electrons. The second-order valence-corrected chi connectivity index (χ2v) is 7.26. The lowest BCUT2D eigenvalue weighted by atomic mass is 9.95. The van der Waals surface area contributed by atoms with E-state index in [-0.39, 0.29) is 6.04 Å². The van der Waals surface area contributed by atoms with Gasteiger partial charge in [0.2, 0.25) is 0 Å². The molecule has 1 saturated heterocycles. The lowest BCUT2D eigenvalue weighted by Gasteiger charge is -2.34. The van der Waals surface area contributed by atoms with Crippen LogP contribution in [0.1, 0.15) is 16.7 Å². The molecule has 4 rings (SSSR count). The Morgan fingerprint density at radius 1 is 1.00 bits per heavy atom. The monoisotopic (exact) mass is 337 g/mol. The zero-order valence-electron chi connectivity index (χ0n) is 14.7. The number of fused-ring (bicyclic) bond motifs is 1. The molecule has 2 aromatic rings. The molecule has 0 unspecified atom stereocenters. The van der Waals surface area contributed by atoms with Gasteiger partial charge in [0.25, 0.3) is 5.91 Å². The average molecular weight is 337 g/mol. The number of nitrogens with zero attached hydrogens (tertiary/aromatic N) is 1. The summed E-state index contributed by atoms with van der Waals surface area (Å²) in [5, 5.41) is 2.22. The third-order valence-electron chi connectivity index (χ3n) is 5.58. The summed E-state index contributed by atoms with van der Waals surface area (Å²) in [6.45, 7) is 5.84. The van der Waals surface area contributed by atoms with Gasteiger partial charge in [0, 0.05) is 17.5 Å². The quantitative estimate of drug-likeness (QED) is 0.786. The molecule has 4 nitrogen and oxygen atoms in total. The van der Waals surface area contributed by atoms with Crippen LogP contribution in [0, 0.1) is 0 Å². The van der Waals surface area contributed by atoms with Crippen molar-refractivity contribution >= 4 is 5.91 Å². The fraction of sp³-hybridized carbons (Fsp3) is 0.381. The van der Waals surface area contributed by atoms with Gasteiger partial charge in [0.15, 0.2) is 6.04 Å². The van der Waals surface area contributed by atoms with Gasteiger partial charge in [-0.1, -0.05) is 54.6 Å². The molecule has 0 aliphatic carbocycles. The van der Waals surface area contributed by atoms with E-state index in [1.165, 1.54) is 16.7 Å². The summed E-state index contributed by atoms with van der Waals surface area (Å²) in [6.07, 6.45) is 0.867. The number of quaternary nitrogens is 2. The van der Waals surface area contributed by atoms with Gasteiger partial charge in [-0.25, -0.2) is 0 Å². The van der Waals surface area contributed by atoms with Gasteiger partial charge in [-0.2, -0.15) is 0 Å². The lowest BCUT2D eigenvalue weighted by molar-refractivity contribution is -0.917. The molecule has 1 fully saturated rings. The SMILES string of the molecule is O=C([C@@H]1Cc2ccccc2C[NH2+]1)N1CC[NH+](Cc2ccccc2)CC1. The second kappa shape index (κ2) is 7.38. The predicted molar refractivity (Wildman–Crippen MR) is 97.0 cm³/mol. The van der Waals surface area contributed by atoms with E-state index in [1.54, 1.807) is 4.90 Å². The number of nitrogens with two attached hydrogens (primary N) is 1. The lowest BCUT2D eigenvalue weighted by Crippen LogP contribution is -3.13. The first-order chi connectivity index (χ1) is 12.3. The topological polar surface area (TPSA) is 41.4 Å². The van der Waals surface area contributed by atoms with Crippen LogP contribution in [0.25, 0.3) is 0 Å². The molecule has 2 aromatic carbocycles. The molecule has 3 N–H and O–H groups in total. The Morgan fingerprint density at radius 3 is 2.44 bits per heavy atom. The number of nitrogens with one attached hydrogen (secondary N) is 1. The summed E-state index contributed by atoms with van der Waals surface area (Å²) in [6, 6.07) is 19.2. The average Bonchev–Trinajstić information content (AvgIpc) is 2.68. The van der Waals surface area contributed by atoms with E-state index in [2.05, 4.69) is 64.8 Å². The van der Waals surface area contributed by atoms with Crippen molar-refractivity contribution in [3.8, 4) is 0 Å². The molecule has 2 aliphatic heterocycles. The molecule has 25 heavy (non-hydrogen) atoms. The molecule has 130 valence electrons. The molecule has 2 aliphatic rings. The summed E-state index contributed by atoms with van der Waals surface area (Å²) in [5.74, 6) is 0.327. The van der Waals surface area contributed by atoms with Crippen molar-refractivity contribution in [3.05, 3.63) is 71.3 Å². The molecule has 4 heteroatoms. The molecule has 1 amide bonds. The van der Waals surface area contributed by atoms with Crippen molar-refractivity contribution in [2.75, 3.05) is 26.2 Å². The molecule has 0 spiro atoms. The maximum Gasteiger partial charge on any atom is 0.281 e. The van der Waals surface area contributed by atoms with E-state index in [0.29, 0.717) is 5.91 Å². The van der Waals surface area contributed by atoms with Crippen LogP contribution in [-0.4, -0.2) is 43.0 Å². The summed E-state index contributed by atoms with van der Waals surface area (Å²) in [4.78, 5) is 16.6. The number of benzene rings is 2. The van der Waals surface area contributed by atoms with E-state index >= 15 is 0 Å². The fourth-order valence-electron chi connectivity index (χ4n) is 4.07. The summed E-state index contributed by atoms with van der Waals surface area (Å²) >= 11 is 0. The van der Waals surface area contributed by atoms with Gasteiger partial charge in [-0.05, 0) is 5.56 Å². The molecule has 2 heterocycles. The van der Waals surface area contributed by atoms with Gasteiger partial charge < -0.3 is 15.1 Å². The number of amides is 1. The first kappa shape index (κ1) is 16.3. The summed E-state index contributed by atoms with van der Waals surface area (Å²) in [5.41, 5.74) is 4.11. The number of hydrogen-bond donors (Lipinski definition) is 2. The van der Waals surface area contributed by atoms with Crippen molar-refractivity contribution < 1.29 is 15.0 Å². The summed E-state index contributed by atoms with van der Waals surface area (Å²) < 4.78 is 0. The van der Waals surface area contributed by atoms with Crippen LogP contribution in [0.15, 0.2) is 54.6 Å². The molecular formula is C21H27N3O+2. The highest BCUT2D eigenvalue weighted by Crippen LogP contribution is 2.13. The van der Waals surface area contributed by atoms with Gasteiger partial charge in [-0.15, -0.1) is 0 Å². The number of carbonyl (C=O) groups excluding carboxylic acids is 1. The van der Waals surface area contributed by atoms with Crippen LogP contribution in [-0.2, 0) is 24.3 Å². The van der Waals surface area contributed by atoms with Gasteiger partial charge in [0.05, 0.1) is 26.2 Å². The standard InChI is InChI=1S/C21H25N3O/c25-21(20-14-18-8-4-5-9-19(18)15-22-20)24-12-10-23(11-13-24)16-17-6-2-1-3-7-17/h1-9,20,22H,10-16H2/p+2/t20-/m0/s1. The van der Waals surface area contributed by atoms with Crippen LogP contribution < -0.4 is 10.2 Å². The van der Waals surface area contributed by atoms with Crippen LogP contribution in [0.2, 0.25) is 0 Å². The van der Waals surface area contributed by atoms with Crippen LogP contribution in [0.4, 0.5) is 0 Å². The highest BCUT2D eigenvalue weighted by Gasteiger charge is 2.33. The number of rotatable bonds is 3.